The molecular weight excluding hydrogens is 236 g/mol. The van der Waals surface area contributed by atoms with E-state index in [9.17, 15) is 5.11 Å². The fourth-order valence-electron chi connectivity index (χ4n) is 2.11. The minimum absolute atomic E-state index is 0.683. The number of rotatable bonds is 2. The first-order valence-corrected chi connectivity index (χ1v) is 6.12. The highest BCUT2D eigenvalue weighted by Gasteiger charge is 2.11. The molecule has 3 heteroatoms. The van der Waals surface area contributed by atoms with Crippen LogP contribution in [-0.4, -0.2) is 10.1 Å². The maximum Gasteiger partial charge on any atom is 0.106 e. The molecular formula is C16H14N2O. The van der Waals surface area contributed by atoms with Gasteiger partial charge in [0.25, 0.3) is 0 Å². The fraction of sp³-hybridized carbons (Fsp3) is 0.0625. The molecule has 1 unspecified atom stereocenters. The number of fused-ring (bicyclic) bond motifs is 1. The van der Waals surface area contributed by atoms with Crippen LogP contribution in [0, 0.1) is 0 Å². The van der Waals surface area contributed by atoms with Crippen molar-refractivity contribution in [2.45, 2.75) is 6.10 Å². The number of benzene rings is 2. The van der Waals surface area contributed by atoms with Crippen LogP contribution in [0.15, 0.2) is 60.8 Å². The number of para-hydroxylation sites is 1. The molecule has 0 spiro atoms. The molecule has 0 fully saturated rings. The lowest BCUT2D eigenvalue weighted by molar-refractivity contribution is 0.220. The quantitative estimate of drug-likeness (QED) is 0.687. The maximum absolute atomic E-state index is 10.4. The van der Waals surface area contributed by atoms with Crippen molar-refractivity contribution >= 4 is 16.6 Å². The van der Waals surface area contributed by atoms with Crippen molar-refractivity contribution in [3.63, 3.8) is 0 Å². The molecule has 2 aromatic carbocycles. The van der Waals surface area contributed by atoms with E-state index in [0.29, 0.717) is 5.69 Å². The van der Waals surface area contributed by atoms with Crippen LogP contribution in [0.25, 0.3) is 10.9 Å². The monoisotopic (exact) mass is 250 g/mol. The van der Waals surface area contributed by atoms with Crippen LogP contribution >= 0.6 is 0 Å². The van der Waals surface area contributed by atoms with Gasteiger partial charge in [-0.05, 0) is 29.8 Å². The molecule has 1 heterocycles. The van der Waals surface area contributed by atoms with Gasteiger partial charge >= 0.3 is 0 Å². The molecule has 3 nitrogen and oxygen atoms in total. The minimum atomic E-state index is -0.683. The average Bonchev–Trinajstić information content (AvgIpc) is 2.47. The van der Waals surface area contributed by atoms with Crippen molar-refractivity contribution in [1.29, 1.82) is 0 Å². The van der Waals surface area contributed by atoms with Crippen molar-refractivity contribution in [2.24, 2.45) is 0 Å². The summed E-state index contributed by atoms with van der Waals surface area (Å²) >= 11 is 0. The molecule has 94 valence electrons. The summed E-state index contributed by atoms with van der Waals surface area (Å²) in [6, 6.07) is 17.0. The van der Waals surface area contributed by atoms with Gasteiger partial charge in [-0.2, -0.15) is 0 Å². The van der Waals surface area contributed by atoms with Crippen molar-refractivity contribution in [3.05, 3.63) is 71.9 Å². The van der Waals surface area contributed by atoms with E-state index in [2.05, 4.69) is 4.98 Å². The number of hydrogen-bond acceptors (Lipinski definition) is 3. The summed E-state index contributed by atoms with van der Waals surface area (Å²) in [6.07, 6.45) is 1.03. The van der Waals surface area contributed by atoms with Crippen molar-refractivity contribution in [2.75, 3.05) is 5.73 Å². The van der Waals surface area contributed by atoms with Crippen molar-refractivity contribution in [3.8, 4) is 0 Å². The second kappa shape index (κ2) is 4.71. The Kier molecular flexibility index (Phi) is 2.89. The Bertz CT molecular complexity index is 707. The van der Waals surface area contributed by atoms with E-state index >= 15 is 0 Å². The van der Waals surface area contributed by atoms with E-state index in [1.54, 1.807) is 18.3 Å². The predicted octanol–water partition coefficient (Wildman–Crippen LogP) is 2.90. The Morgan fingerprint density at radius 3 is 2.47 bits per heavy atom. The average molecular weight is 250 g/mol. The van der Waals surface area contributed by atoms with Gasteiger partial charge < -0.3 is 10.8 Å². The Morgan fingerprint density at radius 1 is 0.947 bits per heavy atom. The molecule has 0 aliphatic heterocycles. The first-order chi connectivity index (χ1) is 9.24. The van der Waals surface area contributed by atoms with Crippen LogP contribution in [0.3, 0.4) is 0 Å². The summed E-state index contributed by atoms with van der Waals surface area (Å²) in [5.74, 6) is 0. The third kappa shape index (κ3) is 2.28. The lowest BCUT2D eigenvalue weighted by atomic mass is 10.0. The molecule has 0 aliphatic carbocycles. The van der Waals surface area contributed by atoms with Gasteiger partial charge in [0.2, 0.25) is 0 Å². The Morgan fingerprint density at radius 2 is 1.68 bits per heavy atom. The third-order valence-corrected chi connectivity index (χ3v) is 3.18. The second-order valence-electron chi connectivity index (χ2n) is 4.53. The Balaban J connectivity index is 2.01. The molecule has 3 N–H and O–H groups in total. The zero-order valence-electron chi connectivity index (χ0n) is 10.3. The molecule has 3 aromatic rings. The van der Waals surface area contributed by atoms with Gasteiger partial charge in [0.1, 0.15) is 6.10 Å². The van der Waals surface area contributed by atoms with Gasteiger partial charge in [0, 0.05) is 22.8 Å². The lowest BCUT2D eigenvalue weighted by Crippen LogP contribution is -2.00. The van der Waals surface area contributed by atoms with E-state index in [1.807, 2.05) is 42.5 Å². The van der Waals surface area contributed by atoms with Gasteiger partial charge in [-0.1, -0.05) is 30.3 Å². The summed E-state index contributed by atoms with van der Waals surface area (Å²) in [4.78, 5) is 4.36. The molecule has 0 radical (unpaired) electrons. The molecule has 0 saturated heterocycles. The number of nitrogen functional groups attached to an aromatic ring is 1. The molecule has 1 atom stereocenters. The molecule has 0 saturated carbocycles. The molecule has 0 bridgehead atoms. The normalized spacial score (nSPS) is 12.5. The van der Waals surface area contributed by atoms with Crippen molar-refractivity contribution in [1.82, 2.24) is 4.98 Å². The number of aliphatic hydroxyl groups excluding tert-OH is 1. The van der Waals surface area contributed by atoms with Gasteiger partial charge in [0.05, 0.1) is 5.52 Å². The first-order valence-electron chi connectivity index (χ1n) is 6.12. The fourth-order valence-corrected chi connectivity index (χ4v) is 2.11. The topological polar surface area (TPSA) is 59.1 Å². The molecule has 1 aromatic heterocycles. The van der Waals surface area contributed by atoms with E-state index in [-0.39, 0.29) is 0 Å². The highest BCUT2D eigenvalue weighted by atomic mass is 16.3. The minimum Gasteiger partial charge on any atom is -0.399 e. The zero-order chi connectivity index (χ0) is 13.2. The number of aromatic nitrogens is 1. The van der Waals surface area contributed by atoms with Gasteiger partial charge in [-0.3, -0.25) is 4.98 Å². The van der Waals surface area contributed by atoms with Crippen LogP contribution in [0.4, 0.5) is 5.69 Å². The van der Waals surface area contributed by atoms with Crippen LogP contribution < -0.4 is 5.73 Å². The van der Waals surface area contributed by atoms with Crippen LogP contribution in [-0.2, 0) is 0 Å². The van der Waals surface area contributed by atoms with Crippen LogP contribution in [0.2, 0.25) is 0 Å². The SMILES string of the molecule is Nc1ccc(C(O)c2cnc3ccccc3c2)cc1. The largest absolute Gasteiger partial charge is 0.399 e. The number of anilines is 1. The molecule has 19 heavy (non-hydrogen) atoms. The van der Waals surface area contributed by atoms with E-state index < -0.39 is 6.10 Å². The highest BCUT2D eigenvalue weighted by Crippen LogP contribution is 2.24. The lowest BCUT2D eigenvalue weighted by Gasteiger charge is -2.12. The van der Waals surface area contributed by atoms with Gasteiger partial charge in [0.15, 0.2) is 0 Å². The smallest absolute Gasteiger partial charge is 0.106 e. The van der Waals surface area contributed by atoms with Gasteiger partial charge in [-0.25, -0.2) is 0 Å². The Hall–Kier alpha value is -2.39. The molecule has 0 aliphatic rings. The van der Waals surface area contributed by atoms with E-state index in [4.69, 9.17) is 5.73 Å². The number of aliphatic hydroxyl groups is 1. The number of hydrogen-bond donors (Lipinski definition) is 2. The standard InChI is InChI=1S/C16H14N2O/c17-14-7-5-11(6-8-14)16(19)13-9-12-3-1-2-4-15(12)18-10-13/h1-10,16,19H,17H2. The third-order valence-electron chi connectivity index (χ3n) is 3.18. The summed E-state index contributed by atoms with van der Waals surface area (Å²) in [6.45, 7) is 0. The second-order valence-corrected chi connectivity index (χ2v) is 4.53. The summed E-state index contributed by atoms with van der Waals surface area (Å²) in [7, 11) is 0. The number of nitrogens with two attached hydrogens (primary N) is 1. The van der Waals surface area contributed by atoms with Crippen LogP contribution in [0.1, 0.15) is 17.2 Å². The van der Waals surface area contributed by atoms with Crippen molar-refractivity contribution < 1.29 is 5.11 Å². The zero-order valence-corrected chi connectivity index (χ0v) is 10.3. The summed E-state index contributed by atoms with van der Waals surface area (Å²) in [5, 5.41) is 11.4. The summed E-state index contributed by atoms with van der Waals surface area (Å²) < 4.78 is 0. The number of nitrogens with zero attached hydrogens (tertiary/aromatic N) is 1. The highest BCUT2D eigenvalue weighted by molar-refractivity contribution is 5.78. The van der Waals surface area contributed by atoms with E-state index in [0.717, 1.165) is 22.0 Å². The molecule has 0 amide bonds. The van der Waals surface area contributed by atoms with Crippen LogP contribution in [0.5, 0.6) is 0 Å². The Labute approximate surface area is 111 Å². The predicted molar refractivity (Wildman–Crippen MR) is 76.7 cm³/mol. The van der Waals surface area contributed by atoms with E-state index in [1.165, 1.54) is 0 Å². The maximum atomic E-state index is 10.4. The van der Waals surface area contributed by atoms with Gasteiger partial charge in [-0.15, -0.1) is 0 Å². The molecule has 3 rings (SSSR count). The first kappa shape index (κ1) is 11.7. The number of pyridine rings is 1. The summed E-state index contributed by atoms with van der Waals surface area (Å²) in [5.41, 5.74) is 8.85.